The Kier molecular flexibility index (Phi) is 11.7. The van der Waals surface area contributed by atoms with Crippen molar-refractivity contribution < 1.29 is 11.8 Å². The first-order valence-electron chi connectivity index (χ1n) is 5.73. The summed E-state index contributed by atoms with van der Waals surface area (Å²) in [7, 11) is 0. The summed E-state index contributed by atoms with van der Waals surface area (Å²) in [6, 6.07) is 0. The van der Waals surface area contributed by atoms with E-state index in [0.29, 0.717) is 13.1 Å². The molecule has 0 spiro atoms. The Hall–Kier alpha value is -2.19. The maximum absolute atomic E-state index is 8.35. The number of rotatable bonds is 7. The van der Waals surface area contributed by atoms with Gasteiger partial charge in [-0.25, -0.2) is 0 Å². The van der Waals surface area contributed by atoms with Crippen molar-refractivity contribution in [2.45, 2.75) is 0 Å². The summed E-state index contributed by atoms with van der Waals surface area (Å²) in [5.41, 5.74) is 10.5. The topological polar surface area (TPSA) is 195 Å². The fourth-order valence-electron chi connectivity index (χ4n) is 0.808. The van der Waals surface area contributed by atoms with Crippen molar-refractivity contribution in [3.63, 3.8) is 0 Å². The van der Waals surface area contributed by atoms with Crippen LogP contribution in [0.5, 0.6) is 0 Å². The maximum atomic E-state index is 8.35. The molecule has 0 aliphatic heterocycles. The van der Waals surface area contributed by atoms with E-state index >= 15 is 0 Å². The molecule has 0 saturated heterocycles. The molecule has 6 N–H and O–H groups in total. The van der Waals surface area contributed by atoms with Gasteiger partial charge in [-0.05, 0) is 0 Å². The van der Waals surface area contributed by atoms with Crippen LogP contribution in [-0.2, 0) is 11.8 Å². The van der Waals surface area contributed by atoms with Gasteiger partial charge in [0.15, 0.2) is 0 Å². The molecule has 0 unspecified atom stereocenters. The third-order valence-electron chi connectivity index (χ3n) is 1.91. The van der Waals surface area contributed by atoms with Gasteiger partial charge in [0.1, 0.15) is 0 Å². The SMILES string of the molecule is N#[C][Fe]([C]#N)([C]#N)([C]#N)[C]#N.NCCNCCNCCN. The number of nitrogens with zero attached hydrogens (tertiary/aromatic N) is 5. The van der Waals surface area contributed by atoms with Crippen LogP contribution >= 0.6 is 0 Å². The van der Waals surface area contributed by atoms with E-state index in [4.69, 9.17) is 37.8 Å². The van der Waals surface area contributed by atoms with Crippen LogP contribution in [0.25, 0.3) is 0 Å². The number of nitrogens with one attached hydrogen (secondary N) is 2. The molecule has 21 heavy (non-hydrogen) atoms. The smallest absolute Gasteiger partial charge is 0.00772 e. The monoisotopic (exact) mass is 332 g/mol. The van der Waals surface area contributed by atoms with Gasteiger partial charge in [-0.2, -0.15) is 0 Å². The second kappa shape index (κ2) is 11.6. The molecule has 0 radical (unpaired) electrons. The largest absolute Gasteiger partial charge is 0.329 e. The first-order chi connectivity index (χ1) is 10.0. The zero-order valence-corrected chi connectivity index (χ0v) is 12.6. The molecule has 9 nitrogen and oxygen atoms in total. The van der Waals surface area contributed by atoms with Crippen molar-refractivity contribution in [3.05, 3.63) is 0 Å². The van der Waals surface area contributed by atoms with Gasteiger partial charge in [-0.15, -0.1) is 0 Å². The second-order valence-electron chi connectivity index (χ2n) is 3.36. The molecule has 10 heteroatoms. The number of nitrogens with two attached hydrogens (primary N) is 2. The summed E-state index contributed by atoms with van der Waals surface area (Å²) in [4.78, 5) is 6.12. The molecule has 0 aromatic carbocycles. The Labute approximate surface area is 124 Å². The number of hydrogen-bond donors (Lipinski definition) is 4. The molecule has 0 bridgehead atoms. The summed E-state index contributed by atoms with van der Waals surface area (Å²) in [6.45, 7) is 5.14. The summed E-state index contributed by atoms with van der Waals surface area (Å²) < 4.78 is 0. The Bertz CT molecular complexity index is 403. The van der Waals surface area contributed by atoms with Crippen LogP contribution < -0.4 is 22.1 Å². The maximum Gasteiger partial charge on any atom is 0.00772 e. The number of hydrogen-bond acceptors (Lipinski definition) is 9. The van der Waals surface area contributed by atoms with Gasteiger partial charge in [0, 0.05) is 39.3 Å². The van der Waals surface area contributed by atoms with Crippen LogP contribution in [0.1, 0.15) is 0 Å². The quantitative estimate of drug-likeness (QED) is 0.306. The third-order valence-corrected chi connectivity index (χ3v) is 4.38. The zero-order chi connectivity index (χ0) is 16.6. The fraction of sp³-hybridized carbons (Fsp3) is 0.545. The van der Waals surface area contributed by atoms with E-state index in [0.717, 1.165) is 26.2 Å². The van der Waals surface area contributed by atoms with E-state index in [1.54, 1.807) is 0 Å². The summed E-state index contributed by atoms with van der Waals surface area (Å²) in [5, 5.41) is 48.1. The Morgan fingerprint density at radius 1 is 0.619 bits per heavy atom. The fourth-order valence-corrected chi connectivity index (χ4v) is 1.36. The molecule has 0 rings (SSSR count). The average Bonchev–Trinajstić information content (AvgIpc) is 2.55. The summed E-state index contributed by atoms with van der Waals surface area (Å²) in [6.07, 6.45) is 0. The van der Waals surface area contributed by atoms with E-state index in [1.165, 1.54) is 24.8 Å². The van der Waals surface area contributed by atoms with Gasteiger partial charge in [0.25, 0.3) is 0 Å². The Morgan fingerprint density at radius 3 is 1.05 bits per heavy atom. The summed E-state index contributed by atoms with van der Waals surface area (Å²) in [5.74, 6) is 0. The minimum absolute atomic E-state index is 0.705. The molecular weight excluding hydrogens is 314 g/mol. The molecule has 0 amide bonds. The molecule has 0 fully saturated rings. The molecule has 0 aliphatic carbocycles. The van der Waals surface area contributed by atoms with Gasteiger partial charge in [0.2, 0.25) is 0 Å². The minimum atomic E-state index is -4.78. The molecule has 0 atom stereocenters. The average molecular weight is 332 g/mol. The molecule has 0 aromatic rings. The van der Waals surface area contributed by atoms with Crippen LogP contribution in [0, 0.1) is 51.1 Å². The van der Waals surface area contributed by atoms with Crippen LogP contribution in [-0.4, -0.2) is 39.3 Å². The first-order valence-corrected chi connectivity index (χ1v) is 8.49. The third kappa shape index (κ3) is 7.23. The van der Waals surface area contributed by atoms with Gasteiger partial charge in [-0.3, -0.25) is 0 Å². The predicted molar refractivity (Wildman–Crippen MR) is 71.9 cm³/mol. The van der Waals surface area contributed by atoms with Crippen molar-refractivity contribution in [2.75, 3.05) is 39.3 Å². The molecular formula is C11H18FeN9. The van der Waals surface area contributed by atoms with Crippen molar-refractivity contribution in [1.29, 1.82) is 26.3 Å². The second-order valence-corrected chi connectivity index (χ2v) is 7.35. The van der Waals surface area contributed by atoms with Crippen LogP contribution in [0.3, 0.4) is 0 Å². The van der Waals surface area contributed by atoms with Crippen LogP contribution in [0.2, 0.25) is 0 Å². The van der Waals surface area contributed by atoms with Gasteiger partial charge < -0.3 is 22.1 Å². The van der Waals surface area contributed by atoms with Crippen LogP contribution in [0.4, 0.5) is 0 Å². The zero-order valence-electron chi connectivity index (χ0n) is 11.5. The number of nitriles is 5. The minimum Gasteiger partial charge on any atom is -0.329 e. The molecule has 0 saturated carbocycles. The van der Waals surface area contributed by atoms with Crippen molar-refractivity contribution in [1.82, 2.24) is 10.6 Å². The van der Waals surface area contributed by atoms with E-state index in [-0.39, 0.29) is 0 Å². The van der Waals surface area contributed by atoms with E-state index < -0.39 is 11.8 Å². The Morgan fingerprint density at radius 2 is 0.905 bits per heavy atom. The van der Waals surface area contributed by atoms with Crippen molar-refractivity contribution in [2.24, 2.45) is 11.5 Å². The van der Waals surface area contributed by atoms with Gasteiger partial charge >= 0.3 is 62.9 Å². The van der Waals surface area contributed by atoms with E-state index in [2.05, 4.69) is 10.6 Å². The molecule has 115 valence electrons. The van der Waals surface area contributed by atoms with Crippen molar-refractivity contribution >= 4 is 0 Å². The standard InChI is InChI=1S/C6H18N4.5CN.Fe/c7-1-3-9-5-6-10-4-2-8;5*1-2;/h9-10H,1-8H2;;;;;;. The van der Waals surface area contributed by atoms with E-state index in [9.17, 15) is 0 Å². The Balaban J connectivity index is 0. The van der Waals surface area contributed by atoms with Gasteiger partial charge in [-0.1, -0.05) is 0 Å². The summed E-state index contributed by atoms with van der Waals surface area (Å²) >= 11 is -4.78. The van der Waals surface area contributed by atoms with Gasteiger partial charge in [0.05, 0.1) is 0 Å². The molecule has 0 heterocycles. The normalized spacial score (nSPS) is 10.8. The van der Waals surface area contributed by atoms with Crippen molar-refractivity contribution in [3.8, 4) is 24.8 Å². The predicted octanol–water partition coefficient (Wildman–Crippen LogP) is -1.84. The first kappa shape index (κ1) is 21.1. The molecule has 0 aliphatic rings. The van der Waals surface area contributed by atoms with Crippen LogP contribution in [0.15, 0.2) is 0 Å². The molecule has 0 aromatic heterocycles. The van der Waals surface area contributed by atoms with E-state index in [1.807, 2.05) is 0 Å².